The molecule has 1 rings (SSSR count). The fourth-order valence-corrected chi connectivity index (χ4v) is 1.96. The van der Waals surface area contributed by atoms with Gasteiger partial charge in [-0.1, -0.05) is 23.2 Å². The molecular formula is C14H18Cl2N2O5. The molecular weight excluding hydrogens is 347 g/mol. The van der Waals surface area contributed by atoms with Crippen LogP contribution in [0.15, 0.2) is 12.1 Å². The van der Waals surface area contributed by atoms with Gasteiger partial charge in [-0.15, -0.1) is 0 Å². The van der Waals surface area contributed by atoms with Crippen molar-refractivity contribution in [2.45, 2.75) is 39.9 Å². The second-order valence-corrected chi connectivity index (χ2v) is 5.91. The monoisotopic (exact) mass is 364 g/mol. The fraction of sp³-hybridized carbons (Fsp3) is 0.429. The van der Waals surface area contributed by atoms with Gasteiger partial charge in [-0.05, 0) is 39.8 Å². The van der Waals surface area contributed by atoms with Crippen molar-refractivity contribution in [2.75, 3.05) is 5.01 Å². The number of ether oxygens (including phenoxy) is 2. The smallest absolute Gasteiger partial charge is 0.433 e. The average Bonchev–Trinajstić information content (AvgIpc) is 2.39. The van der Waals surface area contributed by atoms with Crippen LogP contribution in [0.25, 0.3) is 0 Å². The molecule has 0 aliphatic heterocycles. The third kappa shape index (κ3) is 5.69. The Bertz CT molecular complexity index is 570. The number of benzene rings is 1. The number of phenolic OH excluding ortho intramolecular Hbond substituents is 1. The Morgan fingerprint density at radius 1 is 1.09 bits per heavy atom. The van der Waals surface area contributed by atoms with E-state index < -0.39 is 18.3 Å². The zero-order chi connectivity index (χ0) is 17.7. The van der Waals surface area contributed by atoms with E-state index in [1.807, 2.05) is 0 Å². The summed E-state index contributed by atoms with van der Waals surface area (Å²) in [5.41, 5.74) is 2.34. The highest BCUT2D eigenvalue weighted by atomic mass is 35.5. The third-order valence-electron chi connectivity index (χ3n) is 2.32. The molecule has 0 aliphatic carbocycles. The van der Waals surface area contributed by atoms with Crippen LogP contribution in [0.2, 0.25) is 10.0 Å². The van der Waals surface area contributed by atoms with Crippen molar-refractivity contribution >= 4 is 41.1 Å². The Morgan fingerprint density at radius 2 is 1.57 bits per heavy atom. The van der Waals surface area contributed by atoms with Crippen molar-refractivity contribution in [3.05, 3.63) is 22.2 Å². The maximum atomic E-state index is 12.2. The molecule has 0 saturated heterocycles. The zero-order valence-corrected chi connectivity index (χ0v) is 14.6. The fourth-order valence-electron chi connectivity index (χ4n) is 1.48. The van der Waals surface area contributed by atoms with Crippen molar-refractivity contribution in [1.82, 2.24) is 5.43 Å². The maximum absolute atomic E-state index is 12.2. The van der Waals surface area contributed by atoms with E-state index in [9.17, 15) is 14.7 Å². The number of amides is 2. The number of hydrazine groups is 1. The van der Waals surface area contributed by atoms with Crippen molar-refractivity contribution < 1.29 is 24.2 Å². The summed E-state index contributed by atoms with van der Waals surface area (Å²) in [5, 5.41) is 10.2. The number of hydrogen-bond acceptors (Lipinski definition) is 5. The second kappa shape index (κ2) is 8.12. The number of aromatic hydroxyl groups is 1. The van der Waals surface area contributed by atoms with E-state index in [1.54, 1.807) is 27.7 Å². The van der Waals surface area contributed by atoms with Gasteiger partial charge in [0.2, 0.25) is 0 Å². The minimum Gasteiger partial charge on any atom is -0.505 e. The minimum absolute atomic E-state index is 0.0890. The van der Waals surface area contributed by atoms with Crippen molar-refractivity contribution in [3.63, 3.8) is 0 Å². The summed E-state index contributed by atoms with van der Waals surface area (Å²) < 4.78 is 9.98. The highest BCUT2D eigenvalue weighted by molar-refractivity contribution is 6.37. The number of carbonyl (C=O) groups excluding carboxylic acids is 2. The van der Waals surface area contributed by atoms with Gasteiger partial charge < -0.3 is 14.6 Å². The van der Waals surface area contributed by atoms with Gasteiger partial charge in [0.15, 0.2) is 5.75 Å². The molecule has 2 N–H and O–H groups in total. The SMILES string of the molecule is CC(C)OC(=O)NN(C(=O)OC(C)C)c1cc(Cl)c(O)c(Cl)c1. The number of anilines is 1. The Balaban J connectivity index is 3.13. The molecule has 1 aromatic carbocycles. The summed E-state index contributed by atoms with van der Waals surface area (Å²) in [4.78, 5) is 23.9. The van der Waals surface area contributed by atoms with Gasteiger partial charge in [-0.25, -0.2) is 15.0 Å². The summed E-state index contributed by atoms with van der Waals surface area (Å²) in [5.74, 6) is -0.334. The normalized spacial score (nSPS) is 10.6. The second-order valence-electron chi connectivity index (χ2n) is 5.09. The molecule has 7 nitrogen and oxygen atoms in total. The van der Waals surface area contributed by atoms with Gasteiger partial charge in [0.1, 0.15) is 0 Å². The number of nitrogens with zero attached hydrogens (tertiary/aromatic N) is 1. The molecule has 0 aromatic heterocycles. The number of rotatable bonds is 3. The standard InChI is InChI=1S/C14H18Cl2N2O5/c1-7(2)22-13(20)17-18(14(21)23-8(3)4)9-5-10(15)12(19)11(16)6-9/h5-8,19H,1-4H3,(H,17,20). The Kier molecular flexibility index (Phi) is 6.78. The van der Waals surface area contributed by atoms with E-state index in [2.05, 4.69) is 5.43 Å². The summed E-state index contributed by atoms with van der Waals surface area (Å²) >= 11 is 11.7. The quantitative estimate of drug-likeness (QED) is 0.788. The molecule has 0 unspecified atom stereocenters. The molecule has 23 heavy (non-hydrogen) atoms. The van der Waals surface area contributed by atoms with E-state index in [-0.39, 0.29) is 27.6 Å². The first kappa shape index (κ1) is 19.2. The highest BCUT2D eigenvalue weighted by Gasteiger charge is 2.24. The molecule has 128 valence electrons. The zero-order valence-electron chi connectivity index (χ0n) is 13.1. The van der Waals surface area contributed by atoms with Gasteiger partial charge in [0.25, 0.3) is 0 Å². The van der Waals surface area contributed by atoms with Crippen LogP contribution in [0, 0.1) is 0 Å². The molecule has 0 radical (unpaired) electrons. The Hall–Kier alpha value is -1.86. The molecule has 0 bridgehead atoms. The predicted molar refractivity (Wildman–Crippen MR) is 87.0 cm³/mol. The molecule has 0 atom stereocenters. The number of phenols is 1. The first-order chi connectivity index (χ1) is 10.6. The largest absolute Gasteiger partial charge is 0.505 e. The van der Waals surface area contributed by atoms with Gasteiger partial charge in [-0.2, -0.15) is 5.01 Å². The summed E-state index contributed by atoms with van der Waals surface area (Å²) in [6.45, 7) is 6.62. The molecule has 0 heterocycles. The van der Waals surface area contributed by atoms with E-state index in [0.29, 0.717) is 0 Å². The van der Waals surface area contributed by atoms with Crippen LogP contribution >= 0.6 is 23.2 Å². The van der Waals surface area contributed by atoms with Crippen molar-refractivity contribution in [1.29, 1.82) is 0 Å². The van der Waals surface area contributed by atoms with Gasteiger partial charge in [-0.3, -0.25) is 0 Å². The van der Waals surface area contributed by atoms with Crippen LogP contribution in [0.1, 0.15) is 27.7 Å². The Morgan fingerprint density at radius 3 is 2.00 bits per heavy atom. The first-order valence-electron chi connectivity index (χ1n) is 6.77. The summed E-state index contributed by atoms with van der Waals surface area (Å²) in [6, 6.07) is 2.50. The van der Waals surface area contributed by atoms with Crippen LogP contribution in [0.4, 0.5) is 15.3 Å². The third-order valence-corrected chi connectivity index (χ3v) is 2.90. The predicted octanol–water partition coefficient (Wildman–Crippen LogP) is 4.10. The number of halogens is 2. The van der Waals surface area contributed by atoms with Crippen LogP contribution < -0.4 is 10.4 Å². The van der Waals surface area contributed by atoms with Crippen LogP contribution in [0.5, 0.6) is 5.75 Å². The lowest BCUT2D eigenvalue weighted by Gasteiger charge is -2.24. The first-order valence-corrected chi connectivity index (χ1v) is 7.53. The number of hydrogen-bond donors (Lipinski definition) is 2. The lowest BCUT2D eigenvalue weighted by atomic mass is 10.3. The molecule has 2 amide bonds. The topological polar surface area (TPSA) is 88.1 Å². The van der Waals surface area contributed by atoms with Crippen LogP contribution in [-0.2, 0) is 9.47 Å². The van der Waals surface area contributed by atoms with Crippen molar-refractivity contribution in [3.8, 4) is 5.75 Å². The lowest BCUT2D eigenvalue weighted by molar-refractivity contribution is 0.103. The van der Waals surface area contributed by atoms with E-state index in [1.165, 1.54) is 12.1 Å². The molecule has 0 saturated carbocycles. The van der Waals surface area contributed by atoms with E-state index >= 15 is 0 Å². The average molecular weight is 365 g/mol. The van der Waals surface area contributed by atoms with Crippen molar-refractivity contribution in [2.24, 2.45) is 0 Å². The summed E-state index contributed by atoms with van der Waals surface area (Å²) in [6.07, 6.45) is -2.53. The van der Waals surface area contributed by atoms with Crippen LogP contribution in [-0.4, -0.2) is 29.5 Å². The molecule has 0 aliphatic rings. The van der Waals surface area contributed by atoms with Gasteiger partial charge in [0.05, 0.1) is 27.9 Å². The molecule has 0 fully saturated rings. The maximum Gasteiger partial charge on any atom is 0.433 e. The van der Waals surface area contributed by atoms with E-state index in [0.717, 1.165) is 5.01 Å². The number of carbonyl (C=O) groups is 2. The minimum atomic E-state index is -0.862. The van der Waals surface area contributed by atoms with E-state index in [4.69, 9.17) is 32.7 Å². The van der Waals surface area contributed by atoms with Crippen LogP contribution in [0.3, 0.4) is 0 Å². The molecule has 1 aromatic rings. The van der Waals surface area contributed by atoms with Gasteiger partial charge in [0, 0.05) is 0 Å². The summed E-state index contributed by atoms with van der Waals surface area (Å²) in [7, 11) is 0. The lowest BCUT2D eigenvalue weighted by Crippen LogP contribution is -2.48. The molecule has 0 spiro atoms. The Labute approximate surface area is 144 Å². The molecule has 9 heteroatoms. The number of nitrogens with one attached hydrogen (secondary N) is 1. The highest BCUT2D eigenvalue weighted by Crippen LogP contribution is 2.35. The van der Waals surface area contributed by atoms with Gasteiger partial charge >= 0.3 is 12.2 Å².